The molecule has 1 unspecified atom stereocenters. The number of hydrogen-bond acceptors (Lipinski definition) is 3. The average molecular weight is 348 g/mol. The highest BCUT2D eigenvalue weighted by atomic mass is 16.5. The molecule has 2 heterocycles. The summed E-state index contributed by atoms with van der Waals surface area (Å²) in [5, 5.41) is 3.21. The van der Waals surface area contributed by atoms with Gasteiger partial charge in [0.2, 0.25) is 0 Å². The Morgan fingerprint density at radius 1 is 1.12 bits per heavy atom. The van der Waals surface area contributed by atoms with E-state index in [1.54, 1.807) is 0 Å². The first-order valence-electron chi connectivity index (χ1n) is 9.27. The van der Waals surface area contributed by atoms with Crippen molar-refractivity contribution in [3.8, 4) is 5.75 Å². The molecule has 4 nitrogen and oxygen atoms in total. The van der Waals surface area contributed by atoms with E-state index in [9.17, 15) is 4.79 Å². The SMILES string of the molecule is O=C(NC1CCCN(Cc2ccccc2)C1)C1=Cc2ccccc2OC1. The van der Waals surface area contributed by atoms with Crippen molar-refractivity contribution in [2.75, 3.05) is 19.7 Å². The van der Waals surface area contributed by atoms with E-state index in [2.05, 4.69) is 34.5 Å². The van der Waals surface area contributed by atoms with Crippen LogP contribution in [0.1, 0.15) is 24.0 Å². The molecule has 0 aliphatic carbocycles. The van der Waals surface area contributed by atoms with Crippen LogP contribution in [0, 0.1) is 0 Å². The molecule has 2 aromatic carbocycles. The van der Waals surface area contributed by atoms with Crippen molar-refractivity contribution in [3.63, 3.8) is 0 Å². The Labute approximate surface area is 154 Å². The quantitative estimate of drug-likeness (QED) is 0.922. The number of amides is 1. The van der Waals surface area contributed by atoms with Crippen LogP contribution in [0.3, 0.4) is 0 Å². The number of piperidine rings is 1. The molecular weight excluding hydrogens is 324 g/mol. The molecule has 1 saturated heterocycles. The van der Waals surface area contributed by atoms with Crippen molar-refractivity contribution in [2.45, 2.75) is 25.4 Å². The van der Waals surface area contributed by atoms with Gasteiger partial charge in [-0.15, -0.1) is 0 Å². The summed E-state index contributed by atoms with van der Waals surface area (Å²) in [5.74, 6) is 0.835. The zero-order valence-electron chi connectivity index (χ0n) is 14.9. The molecule has 0 aromatic heterocycles. The van der Waals surface area contributed by atoms with Crippen LogP contribution in [0.4, 0.5) is 0 Å². The van der Waals surface area contributed by atoms with Gasteiger partial charge in [0.15, 0.2) is 0 Å². The molecule has 0 spiro atoms. The molecule has 26 heavy (non-hydrogen) atoms. The molecule has 4 rings (SSSR count). The fraction of sp³-hybridized carbons (Fsp3) is 0.318. The molecule has 0 radical (unpaired) electrons. The summed E-state index contributed by atoms with van der Waals surface area (Å²) in [4.78, 5) is 15.1. The zero-order chi connectivity index (χ0) is 17.8. The molecule has 1 N–H and O–H groups in total. The lowest BCUT2D eigenvalue weighted by atomic mass is 10.0. The van der Waals surface area contributed by atoms with Crippen LogP contribution in [0.15, 0.2) is 60.2 Å². The van der Waals surface area contributed by atoms with Gasteiger partial charge in [0.05, 0.1) is 5.57 Å². The van der Waals surface area contributed by atoms with Gasteiger partial charge >= 0.3 is 0 Å². The van der Waals surface area contributed by atoms with Crippen molar-refractivity contribution >= 4 is 12.0 Å². The Morgan fingerprint density at radius 3 is 2.81 bits per heavy atom. The normalized spacial score (nSPS) is 19.8. The number of likely N-dealkylation sites (tertiary alicyclic amines) is 1. The van der Waals surface area contributed by atoms with Gasteiger partial charge in [0, 0.05) is 24.7 Å². The fourth-order valence-electron chi connectivity index (χ4n) is 3.68. The first kappa shape index (κ1) is 16.9. The lowest BCUT2D eigenvalue weighted by molar-refractivity contribution is -0.118. The third-order valence-electron chi connectivity index (χ3n) is 5.01. The van der Waals surface area contributed by atoms with Gasteiger partial charge in [-0.1, -0.05) is 48.5 Å². The molecule has 2 aliphatic rings. The summed E-state index contributed by atoms with van der Waals surface area (Å²) in [6, 6.07) is 18.5. The van der Waals surface area contributed by atoms with E-state index in [4.69, 9.17) is 4.74 Å². The van der Waals surface area contributed by atoms with Crippen LogP contribution in [0.2, 0.25) is 0 Å². The van der Waals surface area contributed by atoms with E-state index in [0.717, 1.165) is 43.8 Å². The third kappa shape index (κ3) is 3.97. The Bertz CT molecular complexity index is 801. The molecular formula is C22H24N2O2. The van der Waals surface area contributed by atoms with Crippen LogP contribution in [-0.4, -0.2) is 36.5 Å². The number of nitrogens with zero attached hydrogens (tertiary/aromatic N) is 1. The molecule has 4 heteroatoms. The highest BCUT2D eigenvalue weighted by molar-refractivity contribution is 5.99. The monoisotopic (exact) mass is 348 g/mol. The van der Waals surface area contributed by atoms with Crippen LogP contribution >= 0.6 is 0 Å². The van der Waals surface area contributed by atoms with Gasteiger partial charge in [-0.25, -0.2) is 0 Å². The van der Waals surface area contributed by atoms with Crippen molar-refractivity contribution < 1.29 is 9.53 Å². The Morgan fingerprint density at radius 2 is 1.92 bits per heavy atom. The fourth-order valence-corrected chi connectivity index (χ4v) is 3.68. The number of hydrogen-bond donors (Lipinski definition) is 1. The van der Waals surface area contributed by atoms with E-state index in [0.29, 0.717) is 12.2 Å². The van der Waals surface area contributed by atoms with Gasteiger partial charge < -0.3 is 10.1 Å². The molecule has 0 saturated carbocycles. The Hall–Kier alpha value is -2.59. The standard InChI is InChI=1S/C22H24N2O2/c25-22(19-13-18-9-4-5-11-21(18)26-16-19)23-20-10-6-12-24(15-20)14-17-7-2-1-3-8-17/h1-5,7-9,11,13,20H,6,10,12,14-16H2,(H,23,25). The van der Waals surface area contributed by atoms with Gasteiger partial charge in [0.25, 0.3) is 5.91 Å². The number of para-hydroxylation sites is 1. The van der Waals surface area contributed by atoms with Crippen LogP contribution in [0.25, 0.3) is 6.08 Å². The Balaban J connectivity index is 1.36. The summed E-state index contributed by atoms with van der Waals surface area (Å²) in [7, 11) is 0. The first-order chi connectivity index (χ1) is 12.8. The average Bonchev–Trinajstić information content (AvgIpc) is 2.68. The van der Waals surface area contributed by atoms with Gasteiger partial charge in [-0.2, -0.15) is 0 Å². The van der Waals surface area contributed by atoms with Crippen molar-refractivity contribution in [3.05, 3.63) is 71.3 Å². The second-order valence-corrected chi connectivity index (χ2v) is 7.03. The lowest BCUT2D eigenvalue weighted by Gasteiger charge is -2.33. The number of carbonyl (C=O) groups is 1. The van der Waals surface area contributed by atoms with Crippen LogP contribution in [0.5, 0.6) is 5.75 Å². The van der Waals surface area contributed by atoms with Crippen LogP contribution in [-0.2, 0) is 11.3 Å². The number of carbonyl (C=O) groups excluding carboxylic acids is 1. The minimum atomic E-state index is -0.00827. The van der Waals surface area contributed by atoms with Crippen LogP contribution < -0.4 is 10.1 Å². The maximum Gasteiger partial charge on any atom is 0.250 e. The molecule has 2 aliphatic heterocycles. The predicted octanol–water partition coefficient (Wildman–Crippen LogP) is 3.24. The van der Waals surface area contributed by atoms with E-state index in [1.807, 2.05) is 36.4 Å². The smallest absolute Gasteiger partial charge is 0.250 e. The molecule has 2 aromatic rings. The Kier molecular flexibility index (Phi) is 5.02. The number of rotatable bonds is 4. The highest BCUT2D eigenvalue weighted by Crippen LogP contribution is 2.26. The minimum absolute atomic E-state index is 0.00827. The second-order valence-electron chi connectivity index (χ2n) is 7.03. The number of fused-ring (bicyclic) bond motifs is 1. The lowest BCUT2D eigenvalue weighted by Crippen LogP contribution is -2.48. The number of benzene rings is 2. The van der Waals surface area contributed by atoms with Gasteiger partial charge in [-0.05, 0) is 37.1 Å². The molecule has 0 bridgehead atoms. The second kappa shape index (κ2) is 7.75. The van der Waals surface area contributed by atoms with Gasteiger partial charge in [0.1, 0.15) is 12.4 Å². The van der Waals surface area contributed by atoms with E-state index < -0.39 is 0 Å². The summed E-state index contributed by atoms with van der Waals surface area (Å²) >= 11 is 0. The number of ether oxygens (including phenoxy) is 1. The van der Waals surface area contributed by atoms with E-state index >= 15 is 0 Å². The van der Waals surface area contributed by atoms with Crippen molar-refractivity contribution in [2.24, 2.45) is 0 Å². The topological polar surface area (TPSA) is 41.6 Å². The summed E-state index contributed by atoms with van der Waals surface area (Å²) < 4.78 is 5.71. The van der Waals surface area contributed by atoms with Crippen molar-refractivity contribution in [1.82, 2.24) is 10.2 Å². The maximum atomic E-state index is 12.7. The molecule has 134 valence electrons. The summed E-state index contributed by atoms with van der Waals surface area (Å²) in [5.41, 5.74) is 2.99. The third-order valence-corrected chi connectivity index (χ3v) is 5.01. The largest absolute Gasteiger partial charge is 0.488 e. The molecule has 1 atom stereocenters. The zero-order valence-corrected chi connectivity index (χ0v) is 14.9. The molecule has 1 fully saturated rings. The van der Waals surface area contributed by atoms with Crippen molar-refractivity contribution in [1.29, 1.82) is 0 Å². The summed E-state index contributed by atoms with van der Waals surface area (Å²) in [6.07, 6.45) is 4.08. The maximum absolute atomic E-state index is 12.7. The number of nitrogens with one attached hydrogen (secondary N) is 1. The predicted molar refractivity (Wildman–Crippen MR) is 103 cm³/mol. The highest BCUT2D eigenvalue weighted by Gasteiger charge is 2.24. The molecule has 1 amide bonds. The minimum Gasteiger partial charge on any atom is -0.488 e. The van der Waals surface area contributed by atoms with Gasteiger partial charge in [-0.3, -0.25) is 9.69 Å². The van der Waals surface area contributed by atoms with E-state index in [-0.39, 0.29) is 11.9 Å². The summed E-state index contributed by atoms with van der Waals surface area (Å²) in [6.45, 7) is 3.25. The first-order valence-corrected chi connectivity index (χ1v) is 9.27. The van der Waals surface area contributed by atoms with E-state index in [1.165, 1.54) is 5.56 Å².